The zero-order valence-electron chi connectivity index (χ0n) is 18.7. The number of pyridine rings is 1. The number of tetrazole rings is 1. The molecule has 3 heterocycles. The number of aliphatic hydroxyl groups excluding tert-OH is 1. The van der Waals surface area contributed by atoms with Crippen LogP contribution in [-0.4, -0.2) is 76.2 Å². The van der Waals surface area contributed by atoms with Crippen LogP contribution in [0.25, 0.3) is 22.6 Å². The number of aliphatic hydroxyl groups is 1. The van der Waals surface area contributed by atoms with Crippen LogP contribution in [0.5, 0.6) is 0 Å². The molecule has 17 heteroatoms. The van der Waals surface area contributed by atoms with E-state index in [4.69, 9.17) is 24.0 Å². The molecule has 37 heavy (non-hydrogen) atoms. The van der Waals surface area contributed by atoms with E-state index in [2.05, 4.69) is 20.4 Å². The Morgan fingerprint density at radius 3 is 2.41 bits per heavy atom. The lowest BCUT2D eigenvalue weighted by Crippen LogP contribution is -2.36. The predicted molar refractivity (Wildman–Crippen MR) is 119 cm³/mol. The number of phosphoric acid groups is 1. The summed E-state index contributed by atoms with van der Waals surface area (Å²) >= 11 is 0. The lowest BCUT2D eigenvalue weighted by atomic mass is 10.1. The molecule has 0 spiro atoms. The summed E-state index contributed by atoms with van der Waals surface area (Å²) < 4.78 is 53.8. The Morgan fingerprint density at radius 2 is 1.84 bits per heavy atom. The standard InChI is InChI=1S/C20H17F3N6O3.H3O4P/c21-14-7-12(28-9-16(32-20(28)31)17(30)18(22)23)4-5-13(14)10-1-6-15(24-8-10)19-25-27-29(26-19)11-2-3-11;1-5(2,3)4/h1,4-8,11,16-18,30H,2-3,9H2;(H3,1,2,3,4)/t16-,17?;/m0./s1. The van der Waals surface area contributed by atoms with Gasteiger partial charge in [-0.05, 0) is 42.3 Å². The average molecular weight is 544 g/mol. The van der Waals surface area contributed by atoms with Crippen LogP contribution in [0.3, 0.4) is 0 Å². The number of halogens is 3. The van der Waals surface area contributed by atoms with Gasteiger partial charge in [0.2, 0.25) is 5.82 Å². The summed E-state index contributed by atoms with van der Waals surface area (Å²) in [5.74, 6) is -0.257. The van der Waals surface area contributed by atoms with Gasteiger partial charge in [0.05, 0.1) is 18.3 Å². The molecule has 2 aromatic heterocycles. The van der Waals surface area contributed by atoms with Crippen molar-refractivity contribution in [3.63, 3.8) is 0 Å². The monoisotopic (exact) mass is 544 g/mol. The topological polar surface area (TPSA) is 184 Å². The molecule has 1 aliphatic carbocycles. The van der Waals surface area contributed by atoms with Crippen molar-refractivity contribution in [3.05, 3.63) is 42.3 Å². The Hall–Kier alpha value is -3.43. The number of rotatable bonds is 6. The number of ether oxygens (including phenoxy) is 1. The highest BCUT2D eigenvalue weighted by Crippen LogP contribution is 2.34. The number of carbonyl (C=O) groups excluding carboxylic acids is 1. The van der Waals surface area contributed by atoms with Crippen molar-refractivity contribution in [1.82, 2.24) is 25.2 Å². The lowest BCUT2D eigenvalue weighted by Gasteiger charge is -2.16. The third-order valence-corrected chi connectivity index (χ3v) is 5.34. The fourth-order valence-corrected chi connectivity index (χ4v) is 3.41. The third kappa shape index (κ3) is 6.67. The van der Waals surface area contributed by atoms with Crippen molar-refractivity contribution < 1.29 is 47.1 Å². The molecular weight excluding hydrogens is 524 g/mol. The summed E-state index contributed by atoms with van der Waals surface area (Å²) in [5, 5.41) is 21.7. The first-order valence-corrected chi connectivity index (χ1v) is 12.3. The number of hydrogen-bond acceptors (Lipinski definition) is 8. The molecule has 4 N–H and O–H groups in total. The van der Waals surface area contributed by atoms with Gasteiger partial charge < -0.3 is 24.5 Å². The maximum atomic E-state index is 14.8. The molecule has 3 aromatic rings. The first-order chi connectivity index (χ1) is 17.4. The van der Waals surface area contributed by atoms with E-state index in [9.17, 15) is 23.1 Å². The highest BCUT2D eigenvalue weighted by Gasteiger charge is 2.40. The molecule has 1 aromatic carbocycles. The number of anilines is 1. The molecule has 0 bridgehead atoms. The van der Waals surface area contributed by atoms with E-state index in [0.29, 0.717) is 23.1 Å². The number of carbonyl (C=O) groups is 1. The molecule has 2 aliphatic rings. The smallest absolute Gasteiger partial charge is 0.441 e. The number of amides is 1. The van der Waals surface area contributed by atoms with E-state index >= 15 is 0 Å². The van der Waals surface area contributed by atoms with Gasteiger partial charge in [0.25, 0.3) is 6.43 Å². The van der Waals surface area contributed by atoms with Crippen LogP contribution in [0.2, 0.25) is 0 Å². The molecule has 13 nitrogen and oxygen atoms in total. The minimum atomic E-state index is -4.64. The molecule has 0 radical (unpaired) electrons. The van der Waals surface area contributed by atoms with Gasteiger partial charge >= 0.3 is 13.9 Å². The van der Waals surface area contributed by atoms with Crippen LogP contribution in [0.15, 0.2) is 36.5 Å². The molecule has 2 fully saturated rings. The highest BCUT2D eigenvalue weighted by atomic mass is 31.2. The van der Waals surface area contributed by atoms with E-state index in [-0.39, 0.29) is 17.8 Å². The summed E-state index contributed by atoms with van der Waals surface area (Å²) in [5.41, 5.74) is 1.35. The number of cyclic esters (lactones) is 1. The Kier molecular flexibility index (Phi) is 7.57. The second-order valence-electron chi connectivity index (χ2n) is 8.13. The fraction of sp³-hybridized carbons (Fsp3) is 0.350. The van der Waals surface area contributed by atoms with Crippen LogP contribution >= 0.6 is 7.82 Å². The molecule has 1 unspecified atom stereocenters. The molecule has 5 rings (SSSR count). The van der Waals surface area contributed by atoms with E-state index in [1.807, 2.05) is 0 Å². The Morgan fingerprint density at radius 1 is 1.14 bits per heavy atom. The molecule has 1 aliphatic heterocycles. The van der Waals surface area contributed by atoms with Crippen molar-refractivity contribution >= 4 is 19.6 Å². The van der Waals surface area contributed by atoms with Crippen LogP contribution in [-0.2, 0) is 9.30 Å². The van der Waals surface area contributed by atoms with Gasteiger partial charge in [0.15, 0.2) is 12.2 Å². The number of alkyl halides is 2. The Balaban J connectivity index is 0.000000586. The number of benzene rings is 1. The number of nitrogens with zero attached hydrogens (tertiary/aromatic N) is 6. The van der Waals surface area contributed by atoms with Crippen molar-refractivity contribution in [3.8, 4) is 22.6 Å². The summed E-state index contributed by atoms with van der Waals surface area (Å²) in [7, 11) is -4.64. The normalized spacial score (nSPS) is 18.4. The average Bonchev–Trinajstić information content (AvgIpc) is 3.42. The molecule has 198 valence electrons. The molecule has 1 saturated heterocycles. The fourth-order valence-electron chi connectivity index (χ4n) is 3.41. The molecule has 2 atom stereocenters. The summed E-state index contributed by atoms with van der Waals surface area (Å²) in [6.07, 6.45) is -3.97. The predicted octanol–water partition coefficient (Wildman–Crippen LogP) is 1.90. The number of hydrogen-bond donors (Lipinski definition) is 4. The quantitative estimate of drug-likeness (QED) is 0.332. The van der Waals surface area contributed by atoms with Crippen molar-refractivity contribution in [1.29, 1.82) is 0 Å². The van der Waals surface area contributed by atoms with Crippen LogP contribution in [0, 0.1) is 5.82 Å². The Bertz CT molecular complexity index is 1310. The van der Waals surface area contributed by atoms with Gasteiger partial charge in [-0.2, -0.15) is 4.80 Å². The lowest BCUT2D eigenvalue weighted by molar-refractivity contribution is -0.0641. The number of aromatic nitrogens is 5. The first kappa shape index (κ1) is 26.6. The van der Waals surface area contributed by atoms with E-state index in [0.717, 1.165) is 23.8 Å². The van der Waals surface area contributed by atoms with E-state index < -0.39 is 38.4 Å². The second kappa shape index (κ2) is 10.5. The molecule has 1 amide bonds. The third-order valence-electron chi connectivity index (χ3n) is 5.34. The van der Waals surface area contributed by atoms with Gasteiger partial charge in [-0.25, -0.2) is 22.5 Å². The zero-order chi connectivity index (χ0) is 26.9. The zero-order valence-corrected chi connectivity index (χ0v) is 19.6. The second-order valence-corrected chi connectivity index (χ2v) is 9.16. The summed E-state index contributed by atoms with van der Waals surface area (Å²) in [6, 6.07) is 7.64. The maximum absolute atomic E-state index is 14.8. The van der Waals surface area contributed by atoms with E-state index in [1.165, 1.54) is 18.3 Å². The first-order valence-electron chi connectivity index (χ1n) is 10.7. The van der Waals surface area contributed by atoms with Gasteiger partial charge in [-0.15, -0.1) is 10.2 Å². The van der Waals surface area contributed by atoms with E-state index in [1.54, 1.807) is 16.9 Å². The largest absolute Gasteiger partial charge is 0.466 e. The maximum Gasteiger partial charge on any atom is 0.466 e. The van der Waals surface area contributed by atoms with Crippen LogP contribution in [0.4, 0.5) is 23.7 Å². The van der Waals surface area contributed by atoms with Gasteiger partial charge in [0, 0.05) is 17.3 Å². The Labute approximate surface area is 206 Å². The molecule has 1 saturated carbocycles. The summed E-state index contributed by atoms with van der Waals surface area (Å²) in [6.45, 7) is -0.312. The van der Waals surface area contributed by atoms with Crippen molar-refractivity contribution in [2.24, 2.45) is 0 Å². The summed E-state index contributed by atoms with van der Waals surface area (Å²) in [4.78, 5) is 40.4. The van der Waals surface area contributed by atoms with Gasteiger partial charge in [-0.1, -0.05) is 6.07 Å². The van der Waals surface area contributed by atoms with Gasteiger partial charge in [-0.3, -0.25) is 9.88 Å². The SMILES string of the molecule is O=C1O[C@H](C(O)C(F)F)CN1c1ccc(-c2ccc(-c3nnn(C4CC4)n3)nc2)c(F)c1.O=P(O)(O)O. The minimum absolute atomic E-state index is 0.130. The van der Waals surface area contributed by atoms with Crippen LogP contribution < -0.4 is 4.90 Å². The molecular formula is C20H20F3N6O7P. The minimum Gasteiger partial charge on any atom is -0.441 e. The van der Waals surface area contributed by atoms with Gasteiger partial charge in [0.1, 0.15) is 11.5 Å². The highest BCUT2D eigenvalue weighted by molar-refractivity contribution is 7.45. The van der Waals surface area contributed by atoms with Crippen molar-refractivity contribution in [2.45, 2.75) is 37.5 Å². The van der Waals surface area contributed by atoms with Crippen molar-refractivity contribution in [2.75, 3.05) is 11.4 Å². The van der Waals surface area contributed by atoms with Crippen LogP contribution in [0.1, 0.15) is 18.9 Å².